The lowest BCUT2D eigenvalue weighted by Crippen LogP contribution is -2.21. The van der Waals surface area contributed by atoms with Gasteiger partial charge in [-0.15, -0.1) is 11.3 Å². The maximum absolute atomic E-state index is 5.17. The molecule has 0 bridgehead atoms. The number of hydrogen-bond donors (Lipinski definition) is 1. The van der Waals surface area contributed by atoms with Crippen LogP contribution in [0.15, 0.2) is 16.2 Å². The molecular weight excluding hydrogens is 224 g/mol. The zero-order chi connectivity index (χ0) is 11.4. The van der Waals surface area contributed by atoms with E-state index in [1.807, 2.05) is 7.05 Å². The Hall–Kier alpha value is -1.27. The number of aromatic nitrogens is 3. The summed E-state index contributed by atoms with van der Waals surface area (Å²) in [5.41, 5.74) is 1.76. The molecule has 0 saturated heterocycles. The maximum atomic E-state index is 5.17. The van der Waals surface area contributed by atoms with E-state index in [0.29, 0.717) is 17.8 Å². The van der Waals surface area contributed by atoms with Gasteiger partial charge in [-0.2, -0.15) is 4.98 Å². The average Bonchev–Trinajstić information content (AvgIpc) is 2.95. The topological polar surface area (TPSA) is 63.8 Å². The average molecular weight is 238 g/mol. The quantitative estimate of drug-likeness (QED) is 0.859. The Kier molecular flexibility index (Phi) is 3.63. The summed E-state index contributed by atoms with van der Waals surface area (Å²) >= 11 is 1.51. The second-order valence-corrected chi connectivity index (χ2v) is 4.49. The van der Waals surface area contributed by atoms with E-state index in [0.717, 1.165) is 17.7 Å². The molecule has 86 valence electrons. The summed E-state index contributed by atoms with van der Waals surface area (Å²) in [6, 6.07) is 0.457. The lowest BCUT2D eigenvalue weighted by molar-refractivity contribution is 0.369. The first kappa shape index (κ1) is 11.2. The maximum Gasteiger partial charge on any atom is 0.227 e. The van der Waals surface area contributed by atoms with Gasteiger partial charge in [-0.1, -0.05) is 5.16 Å². The summed E-state index contributed by atoms with van der Waals surface area (Å²) in [6.45, 7) is 2.13. The van der Waals surface area contributed by atoms with Crippen LogP contribution in [0.4, 0.5) is 0 Å². The summed E-state index contributed by atoms with van der Waals surface area (Å²) in [5, 5.41) is 7.10. The molecule has 0 aliphatic carbocycles. The largest absolute Gasteiger partial charge is 0.339 e. The van der Waals surface area contributed by atoms with Crippen LogP contribution in [-0.2, 0) is 6.42 Å². The van der Waals surface area contributed by atoms with E-state index in [9.17, 15) is 0 Å². The summed E-state index contributed by atoms with van der Waals surface area (Å²) in [7, 11) is 1.95. The second-order valence-electron chi connectivity index (χ2n) is 3.61. The van der Waals surface area contributed by atoms with Crippen molar-refractivity contribution in [2.24, 2.45) is 0 Å². The van der Waals surface area contributed by atoms with Gasteiger partial charge in [0.2, 0.25) is 11.7 Å². The van der Waals surface area contributed by atoms with Crippen LogP contribution in [-0.4, -0.2) is 28.2 Å². The molecule has 2 aromatic heterocycles. The van der Waals surface area contributed by atoms with Crippen LogP contribution < -0.4 is 5.32 Å². The first-order chi connectivity index (χ1) is 7.79. The van der Waals surface area contributed by atoms with Crippen molar-refractivity contribution in [2.45, 2.75) is 25.8 Å². The minimum absolute atomic E-state index is 0.457. The summed E-state index contributed by atoms with van der Waals surface area (Å²) in [4.78, 5) is 9.25. The van der Waals surface area contributed by atoms with Crippen molar-refractivity contribution < 1.29 is 4.52 Å². The summed E-state index contributed by atoms with van der Waals surface area (Å²) < 4.78 is 5.17. The van der Waals surface area contributed by atoms with E-state index in [4.69, 9.17) is 4.52 Å². The molecule has 6 heteroatoms. The summed E-state index contributed by atoms with van der Waals surface area (Å²) in [5.74, 6) is 1.32. The molecule has 2 rings (SSSR count). The van der Waals surface area contributed by atoms with Crippen LogP contribution in [0.2, 0.25) is 0 Å². The highest BCUT2D eigenvalue weighted by atomic mass is 32.1. The minimum Gasteiger partial charge on any atom is -0.339 e. The lowest BCUT2D eigenvalue weighted by Gasteiger charge is -2.06. The van der Waals surface area contributed by atoms with Gasteiger partial charge in [0.05, 0.1) is 10.4 Å². The highest BCUT2D eigenvalue weighted by molar-refractivity contribution is 7.13. The lowest BCUT2D eigenvalue weighted by atomic mass is 10.2. The van der Waals surface area contributed by atoms with Crippen molar-refractivity contribution in [2.75, 3.05) is 7.05 Å². The Morgan fingerprint density at radius 2 is 2.44 bits per heavy atom. The Labute approximate surface area is 97.9 Å². The van der Waals surface area contributed by atoms with E-state index in [1.165, 1.54) is 11.3 Å². The van der Waals surface area contributed by atoms with Crippen LogP contribution in [0, 0.1) is 0 Å². The van der Waals surface area contributed by atoms with Crippen molar-refractivity contribution in [3.63, 3.8) is 0 Å². The van der Waals surface area contributed by atoms with Gasteiger partial charge < -0.3 is 9.84 Å². The molecule has 16 heavy (non-hydrogen) atoms. The number of nitrogens with zero attached hydrogens (tertiary/aromatic N) is 3. The van der Waals surface area contributed by atoms with E-state index >= 15 is 0 Å². The Morgan fingerprint density at radius 3 is 3.12 bits per heavy atom. The zero-order valence-corrected chi connectivity index (χ0v) is 10.1. The predicted octanol–water partition coefficient (Wildman–Crippen LogP) is 1.73. The van der Waals surface area contributed by atoms with Crippen LogP contribution in [0.5, 0.6) is 0 Å². The van der Waals surface area contributed by atoms with Gasteiger partial charge in [-0.3, -0.25) is 4.98 Å². The van der Waals surface area contributed by atoms with E-state index in [2.05, 4.69) is 27.4 Å². The highest BCUT2D eigenvalue weighted by Gasteiger charge is 2.10. The van der Waals surface area contributed by atoms with Crippen LogP contribution in [0.25, 0.3) is 10.7 Å². The SMILES string of the molecule is CNC(C)CCc1nc(-c2cncs2)no1. The third kappa shape index (κ3) is 2.65. The van der Waals surface area contributed by atoms with Crippen LogP contribution in [0.3, 0.4) is 0 Å². The number of nitrogens with one attached hydrogen (secondary N) is 1. The first-order valence-corrected chi connectivity index (χ1v) is 6.06. The fourth-order valence-corrected chi connectivity index (χ4v) is 1.81. The first-order valence-electron chi connectivity index (χ1n) is 5.18. The number of hydrogen-bond acceptors (Lipinski definition) is 6. The molecule has 1 atom stereocenters. The van der Waals surface area contributed by atoms with E-state index < -0.39 is 0 Å². The minimum atomic E-state index is 0.457. The molecule has 0 aliphatic heterocycles. The second kappa shape index (κ2) is 5.18. The van der Waals surface area contributed by atoms with Crippen molar-refractivity contribution in [1.29, 1.82) is 0 Å². The van der Waals surface area contributed by atoms with Crippen LogP contribution >= 0.6 is 11.3 Å². The Bertz CT molecular complexity index is 426. The number of rotatable bonds is 5. The van der Waals surface area contributed by atoms with Gasteiger partial charge in [0.15, 0.2) is 0 Å². The van der Waals surface area contributed by atoms with Crippen molar-refractivity contribution in [3.05, 3.63) is 17.6 Å². The molecular formula is C10H14N4OS. The van der Waals surface area contributed by atoms with Crippen LogP contribution in [0.1, 0.15) is 19.2 Å². The molecule has 0 amide bonds. The fraction of sp³-hybridized carbons (Fsp3) is 0.500. The molecule has 1 unspecified atom stereocenters. The standard InChI is InChI=1S/C10H14N4OS/c1-7(11-2)3-4-9-13-10(14-15-9)8-5-12-6-16-8/h5-7,11H,3-4H2,1-2H3. The number of aryl methyl sites for hydroxylation is 1. The Balaban J connectivity index is 1.98. The molecule has 0 saturated carbocycles. The fourth-order valence-electron chi connectivity index (χ4n) is 1.27. The van der Waals surface area contributed by atoms with Crippen molar-refractivity contribution in [1.82, 2.24) is 20.4 Å². The normalized spacial score (nSPS) is 12.9. The van der Waals surface area contributed by atoms with Gasteiger partial charge in [0, 0.05) is 18.7 Å². The molecule has 0 aliphatic rings. The predicted molar refractivity (Wildman–Crippen MR) is 62.2 cm³/mol. The zero-order valence-electron chi connectivity index (χ0n) is 9.30. The number of thiazole rings is 1. The molecule has 0 spiro atoms. The highest BCUT2D eigenvalue weighted by Crippen LogP contribution is 2.19. The van der Waals surface area contributed by atoms with Crippen molar-refractivity contribution >= 4 is 11.3 Å². The molecule has 2 heterocycles. The summed E-state index contributed by atoms with van der Waals surface area (Å²) in [6.07, 6.45) is 3.53. The van der Waals surface area contributed by atoms with Gasteiger partial charge in [0.25, 0.3) is 0 Å². The van der Waals surface area contributed by atoms with Gasteiger partial charge in [-0.25, -0.2) is 0 Å². The molecule has 1 N–H and O–H groups in total. The third-order valence-corrected chi connectivity index (χ3v) is 3.17. The van der Waals surface area contributed by atoms with Gasteiger partial charge >= 0.3 is 0 Å². The van der Waals surface area contributed by atoms with Crippen molar-refractivity contribution in [3.8, 4) is 10.7 Å². The Morgan fingerprint density at radius 1 is 1.56 bits per heavy atom. The van der Waals surface area contributed by atoms with Gasteiger partial charge in [0.1, 0.15) is 0 Å². The van der Waals surface area contributed by atoms with Gasteiger partial charge in [-0.05, 0) is 20.4 Å². The molecule has 0 aromatic carbocycles. The molecule has 2 aromatic rings. The molecule has 5 nitrogen and oxygen atoms in total. The van der Waals surface area contributed by atoms with E-state index in [1.54, 1.807) is 11.7 Å². The third-order valence-electron chi connectivity index (χ3n) is 2.40. The monoisotopic (exact) mass is 238 g/mol. The molecule has 0 radical (unpaired) electrons. The smallest absolute Gasteiger partial charge is 0.227 e. The molecule has 0 fully saturated rings. The van der Waals surface area contributed by atoms with E-state index in [-0.39, 0.29) is 0 Å².